The van der Waals surface area contributed by atoms with E-state index >= 15 is 0 Å². The van der Waals surface area contributed by atoms with Crippen molar-refractivity contribution in [3.8, 4) is 11.6 Å². The highest BCUT2D eigenvalue weighted by Gasteiger charge is 2.31. The fourth-order valence-corrected chi connectivity index (χ4v) is 1.66. The molecule has 1 aromatic heterocycles. The molecule has 2 aromatic rings. The first-order chi connectivity index (χ1) is 8.88. The van der Waals surface area contributed by atoms with Gasteiger partial charge in [-0.2, -0.15) is 13.2 Å². The van der Waals surface area contributed by atoms with Crippen molar-refractivity contribution in [3.63, 3.8) is 0 Å². The van der Waals surface area contributed by atoms with Gasteiger partial charge in [-0.05, 0) is 31.2 Å². The maximum Gasteiger partial charge on any atom is 0.416 e. The average molecular weight is 288 g/mol. The highest BCUT2D eigenvalue weighted by Crippen LogP contribution is 2.36. The van der Waals surface area contributed by atoms with E-state index in [1.54, 1.807) is 19.1 Å². The fraction of sp³-hybridized carbons (Fsp3) is 0.154. The second-order valence-corrected chi connectivity index (χ2v) is 4.28. The predicted octanol–water partition coefficient (Wildman–Crippen LogP) is 4.85. The number of ether oxygens (including phenoxy) is 1. The van der Waals surface area contributed by atoms with E-state index < -0.39 is 11.7 Å². The number of alkyl halides is 3. The standard InChI is InChI=1S/C13H9ClF3NO/c1-8-3-2-6-18-12(8)19-11-5-4-9(7-10(11)14)13(15,16)17/h2-7H,1H3. The van der Waals surface area contributed by atoms with Crippen molar-refractivity contribution in [2.24, 2.45) is 0 Å². The molecule has 0 radical (unpaired) electrons. The first kappa shape index (κ1) is 13.7. The smallest absolute Gasteiger partial charge is 0.416 e. The summed E-state index contributed by atoms with van der Waals surface area (Å²) in [6.45, 7) is 1.78. The summed E-state index contributed by atoms with van der Waals surface area (Å²) in [6, 6.07) is 6.44. The van der Waals surface area contributed by atoms with E-state index in [-0.39, 0.29) is 10.8 Å². The Morgan fingerprint density at radius 1 is 1.21 bits per heavy atom. The summed E-state index contributed by atoms with van der Waals surface area (Å²) in [5.41, 5.74) is -0.0546. The molecule has 2 rings (SSSR count). The van der Waals surface area contributed by atoms with E-state index in [0.717, 1.165) is 17.7 Å². The number of hydrogen-bond donors (Lipinski definition) is 0. The summed E-state index contributed by atoms with van der Waals surface area (Å²) in [4.78, 5) is 3.98. The summed E-state index contributed by atoms with van der Waals surface area (Å²) in [5, 5.41) is -0.111. The third kappa shape index (κ3) is 3.17. The maximum atomic E-state index is 12.5. The minimum atomic E-state index is -4.43. The van der Waals surface area contributed by atoms with E-state index in [2.05, 4.69) is 4.98 Å². The van der Waals surface area contributed by atoms with Gasteiger partial charge in [-0.1, -0.05) is 17.7 Å². The number of hydrogen-bond acceptors (Lipinski definition) is 2. The highest BCUT2D eigenvalue weighted by atomic mass is 35.5. The van der Waals surface area contributed by atoms with Crippen molar-refractivity contribution < 1.29 is 17.9 Å². The molecule has 1 heterocycles. The number of nitrogens with zero attached hydrogens (tertiary/aromatic N) is 1. The second kappa shape index (κ2) is 5.09. The Hall–Kier alpha value is -1.75. The molecule has 0 saturated carbocycles. The largest absolute Gasteiger partial charge is 0.437 e. The highest BCUT2D eigenvalue weighted by molar-refractivity contribution is 6.32. The van der Waals surface area contributed by atoms with Crippen LogP contribution in [0.5, 0.6) is 11.6 Å². The Labute approximate surface area is 112 Å². The van der Waals surface area contributed by atoms with Gasteiger partial charge in [-0.15, -0.1) is 0 Å². The predicted molar refractivity (Wildman–Crippen MR) is 65.5 cm³/mol. The zero-order chi connectivity index (χ0) is 14.0. The molecule has 0 saturated heterocycles. The first-order valence-electron chi connectivity index (χ1n) is 5.34. The van der Waals surface area contributed by atoms with E-state index in [4.69, 9.17) is 16.3 Å². The lowest BCUT2D eigenvalue weighted by molar-refractivity contribution is -0.137. The molecule has 19 heavy (non-hydrogen) atoms. The van der Waals surface area contributed by atoms with Gasteiger partial charge < -0.3 is 4.74 Å². The minimum Gasteiger partial charge on any atom is -0.437 e. The van der Waals surface area contributed by atoms with Crippen molar-refractivity contribution in [3.05, 3.63) is 52.7 Å². The lowest BCUT2D eigenvalue weighted by atomic mass is 10.2. The normalized spacial score (nSPS) is 11.4. The van der Waals surface area contributed by atoms with Gasteiger partial charge >= 0.3 is 6.18 Å². The molecule has 6 heteroatoms. The lowest BCUT2D eigenvalue weighted by Gasteiger charge is -2.11. The number of halogens is 4. The SMILES string of the molecule is Cc1cccnc1Oc1ccc(C(F)(F)F)cc1Cl. The number of benzene rings is 1. The van der Waals surface area contributed by atoms with E-state index in [1.807, 2.05) is 0 Å². The van der Waals surface area contributed by atoms with Crippen molar-refractivity contribution >= 4 is 11.6 Å². The molecule has 1 aromatic carbocycles. The van der Waals surface area contributed by atoms with Crippen molar-refractivity contribution in [1.29, 1.82) is 0 Å². The molecule has 0 atom stereocenters. The quantitative estimate of drug-likeness (QED) is 0.787. The van der Waals surface area contributed by atoms with Crippen LogP contribution in [0.25, 0.3) is 0 Å². The van der Waals surface area contributed by atoms with Crippen LogP contribution < -0.4 is 4.74 Å². The summed E-state index contributed by atoms with van der Waals surface area (Å²) in [7, 11) is 0. The van der Waals surface area contributed by atoms with Gasteiger partial charge in [0.05, 0.1) is 10.6 Å². The Balaban J connectivity index is 2.30. The Bertz CT molecular complexity index is 599. The van der Waals surface area contributed by atoms with Crippen molar-refractivity contribution in [2.75, 3.05) is 0 Å². The summed E-state index contributed by atoms with van der Waals surface area (Å²) in [6.07, 6.45) is -2.90. The molecule has 100 valence electrons. The molecular weight excluding hydrogens is 279 g/mol. The molecule has 0 aliphatic rings. The zero-order valence-corrected chi connectivity index (χ0v) is 10.6. The molecule has 0 aliphatic carbocycles. The summed E-state index contributed by atoms with van der Waals surface area (Å²) >= 11 is 5.78. The molecule has 0 fully saturated rings. The Kier molecular flexibility index (Phi) is 3.66. The second-order valence-electron chi connectivity index (χ2n) is 3.87. The number of rotatable bonds is 2. The molecule has 0 spiro atoms. The van der Waals surface area contributed by atoms with Crippen LogP contribution >= 0.6 is 11.6 Å². The van der Waals surface area contributed by atoms with Gasteiger partial charge in [0.25, 0.3) is 0 Å². The molecule has 0 N–H and O–H groups in total. The Morgan fingerprint density at radius 3 is 2.53 bits per heavy atom. The molecule has 0 unspecified atom stereocenters. The van der Waals surface area contributed by atoms with Gasteiger partial charge in [-0.3, -0.25) is 0 Å². The third-order valence-electron chi connectivity index (χ3n) is 2.43. The van der Waals surface area contributed by atoms with E-state index in [9.17, 15) is 13.2 Å². The topological polar surface area (TPSA) is 22.1 Å². The van der Waals surface area contributed by atoms with Gasteiger partial charge in [0.2, 0.25) is 5.88 Å². The summed E-state index contributed by atoms with van der Waals surface area (Å²) < 4.78 is 42.8. The van der Waals surface area contributed by atoms with Gasteiger partial charge in [0, 0.05) is 11.8 Å². The maximum absolute atomic E-state index is 12.5. The minimum absolute atomic E-state index is 0.111. The zero-order valence-electron chi connectivity index (χ0n) is 9.83. The molecule has 2 nitrogen and oxygen atoms in total. The molecule has 0 aliphatic heterocycles. The molecule has 0 bridgehead atoms. The van der Waals surface area contributed by atoms with E-state index in [1.165, 1.54) is 12.3 Å². The molecular formula is C13H9ClF3NO. The van der Waals surface area contributed by atoms with Gasteiger partial charge in [0.15, 0.2) is 0 Å². The number of aromatic nitrogens is 1. The van der Waals surface area contributed by atoms with Crippen molar-refractivity contribution in [1.82, 2.24) is 4.98 Å². The average Bonchev–Trinajstić information content (AvgIpc) is 2.33. The van der Waals surface area contributed by atoms with Crippen LogP contribution in [-0.4, -0.2) is 4.98 Å². The van der Waals surface area contributed by atoms with Crippen LogP contribution in [0, 0.1) is 6.92 Å². The lowest BCUT2D eigenvalue weighted by Crippen LogP contribution is -2.04. The van der Waals surface area contributed by atoms with Crippen molar-refractivity contribution in [2.45, 2.75) is 13.1 Å². The van der Waals surface area contributed by atoms with Crippen LogP contribution in [-0.2, 0) is 6.18 Å². The number of pyridine rings is 1. The summed E-state index contributed by atoms with van der Waals surface area (Å²) in [5.74, 6) is 0.445. The van der Waals surface area contributed by atoms with E-state index in [0.29, 0.717) is 5.88 Å². The van der Waals surface area contributed by atoms with Crippen LogP contribution in [0.1, 0.15) is 11.1 Å². The van der Waals surface area contributed by atoms with Gasteiger partial charge in [0.1, 0.15) is 5.75 Å². The van der Waals surface area contributed by atoms with Crippen LogP contribution in [0.2, 0.25) is 5.02 Å². The Morgan fingerprint density at radius 2 is 1.95 bits per heavy atom. The van der Waals surface area contributed by atoms with Crippen LogP contribution in [0.3, 0.4) is 0 Å². The van der Waals surface area contributed by atoms with Crippen LogP contribution in [0.4, 0.5) is 13.2 Å². The number of aryl methyl sites for hydroxylation is 1. The first-order valence-corrected chi connectivity index (χ1v) is 5.72. The fourth-order valence-electron chi connectivity index (χ4n) is 1.44. The monoisotopic (exact) mass is 287 g/mol. The van der Waals surface area contributed by atoms with Crippen LogP contribution in [0.15, 0.2) is 36.5 Å². The third-order valence-corrected chi connectivity index (χ3v) is 2.72. The molecule has 0 amide bonds. The van der Waals surface area contributed by atoms with Gasteiger partial charge in [-0.25, -0.2) is 4.98 Å².